The van der Waals surface area contributed by atoms with E-state index in [9.17, 15) is 0 Å². The van der Waals surface area contributed by atoms with E-state index in [1.807, 2.05) is 6.07 Å². The Hall–Kier alpha value is -0.970. The van der Waals surface area contributed by atoms with E-state index in [4.69, 9.17) is 21.1 Å². The van der Waals surface area contributed by atoms with Crippen molar-refractivity contribution in [2.24, 2.45) is 0 Å². The summed E-state index contributed by atoms with van der Waals surface area (Å²) < 4.78 is 11.2. The summed E-state index contributed by atoms with van der Waals surface area (Å²) in [6, 6.07) is 5.09. The summed E-state index contributed by atoms with van der Waals surface area (Å²) in [6.45, 7) is 8.60. The Balaban J connectivity index is 1.76. The fraction of sp³-hybridized carbons (Fsp3) is 0.600. The van der Waals surface area contributed by atoms with Crippen LogP contribution >= 0.6 is 11.6 Å². The zero-order chi connectivity index (χ0) is 14.1. The van der Waals surface area contributed by atoms with Gasteiger partial charge in [-0.25, -0.2) is 0 Å². The number of ether oxygens (including phenoxy) is 2. The van der Waals surface area contributed by atoms with Crippen molar-refractivity contribution in [1.82, 2.24) is 10.2 Å². The molecule has 1 N–H and O–H groups in total. The summed E-state index contributed by atoms with van der Waals surface area (Å²) in [4.78, 5) is 2.45. The number of nitrogens with zero attached hydrogens (tertiary/aromatic N) is 1. The molecule has 0 saturated carbocycles. The van der Waals surface area contributed by atoms with E-state index in [2.05, 4.69) is 30.1 Å². The molecule has 2 atom stereocenters. The molecular weight excluding hydrogens is 276 g/mol. The lowest BCUT2D eigenvalue weighted by Crippen LogP contribution is -2.53. The van der Waals surface area contributed by atoms with Crippen molar-refractivity contribution in [3.8, 4) is 11.5 Å². The van der Waals surface area contributed by atoms with Gasteiger partial charge in [-0.2, -0.15) is 0 Å². The van der Waals surface area contributed by atoms with Crippen molar-refractivity contribution in [2.75, 3.05) is 26.3 Å². The Morgan fingerprint density at radius 2 is 1.90 bits per heavy atom. The molecule has 2 aliphatic rings. The number of rotatable bonds is 2. The maximum Gasteiger partial charge on any atom is 0.179 e. The number of hydrogen-bond acceptors (Lipinski definition) is 4. The molecule has 0 aliphatic carbocycles. The molecule has 3 rings (SSSR count). The maximum atomic E-state index is 6.29. The third kappa shape index (κ3) is 3.03. The standard InChI is InChI=1S/C15H21ClN2O2/c1-10-7-18(8-11(2)17-10)9-12-5-13(16)15-14(6-12)19-3-4-20-15/h5-6,10-11,17H,3-4,7-9H2,1-2H3. The summed E-state index contributed by atoms with van der Waals surface area (Å²) in [6.07, 6.45) is 0. The number of benzene rings is 1. The van der Waals surface area contributed by atoms with Crippen LogP contribution in [0.25, 0.3) is 0 Å². The van der Waals surface area contributed by atoms with Gasteiger partial charge >= 0.3 is 0 Å². The number of fused-ring (bicyclic) bond motifs is 1. The lowest BCUT2D eigenvalue weighted by molar-refractivity contribution is 0.163. The van der Waals surface area contributed by atoms with Crippen molar-refractivity contribution in [3.05, 3.63) is 22.7 Å². The Labute approximate surface area is 125 Å². The quantitative estimate of drug-likeness (QED) is 0.908. The van der Waals surface area contributed by atoms with Gasteiger partial charge in [0.15, 0.2) is 11.5 Å². The van der Waals surface area contributed by atoms with E-state index in [1.54, 1.807) is 0 Å². The van der Waals surface area contributed by atoms with Crippen LogP contribution in [0.1, 0.15) is 19.4 Å². The molecule has 0 bridgehead atoms. The molecule has 1 saturated heterocycles. The highest BCUT2D eigenvalue weighted by atomic mass is 35.5. The molecular formula is C15H21ClN2O2. The zero-order valence-electron chi connectivity index (χ0n) is 12.0. The third-order valence-electron chi connectivity index (χ3n) is 3.70. The van der Waals surface area contributed by atoms with E-state index < -0.39 is 0 Å². The molecule has 5 heteroatoms. The van der Waals surface area contributed by atoms with Gasteiger partial charge in [-0.3, -0.25) is 4.90 Å². The monoisotopic (exact) mass is 296 g/mol. The predicted molar refractivity (Wildman–Crippen MR) is 79.8 cm³/mol. The molecule has 2 heterocycles. The normalized spacial score (nSPS) is 26.6. The molecule has 1 fully saturated rings. The van der Waals surface area contributed by atoms with Gasteiger partial charge in [-0.15, -0.1) is 0 Å². The van der Waals surface area contributed by atoms with Crippen LogP contribution in [0.3, 0.4) is 0 Å². The van der Waals surface area contributed by atoms with Crippen LogP contribution in [0, 0.1) is 0 Å². The van der Waals surface area contributed by atoms with Gasteiger partial charge in [-0.05, 0) is 31.5 Å². The summed E-state index contributed by atoms with van der Waals surface area (Å²) in [5.74, 6) is 1.46. The van der Waals surface area contributed by atoms with Crippen molar-refractivity contribution in [3.63, 3.8) is 0 Å². The lowest BCUT2D eigenvalue weighted by atomic mass is 10.1. The van der Waals surface area contributed by atoms with Crippen LogP contribution in [-0.2, 0) is 6.54 Å². The fourth-order valence-corrected chi connectivity index (χ4v) is 3.37. The molecule has 4 nitrogen and oxygen atoms in total. The SMILES string of the molecule is CC1CN(Cc2cc(Cl)c3c(c2)OCCO3)CC(C)N1. The summed E-state index contributed by atoms with van der Waals surface area (Å²) in [7, 11) is 0. The van der Waals surface area contributed by atoms with Crippen molar-refractivity contribution >= 4 is 11.6 Å². The van der Waals surface area contributed by atoms with Crippen LogP contribution in [-0.4, -0.2) is 43.3 Å². The Kier molecular flexibility index (Phi) is 4.06. The van der Waals surface area contributed by atoms with Gasteiger partial charge in [0.1, 0.15) is 13.2 Å². The highest BCUT2D eigenvalue weighted by Gasteiger charge is 2.22. The van der Waals surface area contributed by atoms with E-state index in [0.717, 1.165) is 25.4 Å². The number of hydrogen-bond donors (Lipinski definition) is 1. The highest BCUT2D eigenvalue weighted by molar-refractivity contribution is 6.32. The second kappa shape index (κ2) is 5.80. The molecule has 0 radical (unpaired) electrons. The van der Waals surface area contributed by atoms with E-state index in [1.165, 1.54) is 5.56 Å². The van der Waals surface area contributed by atoms with Crippen LogP contribution in [0.2, 0.25) is 5.02 Å². The molecule has 0 amide bonds. The van der Waals surface area contributed by atoms with Crippen molar-refractivity contribution < 1.29 is 9.47 Å². The number of halogens is 1. The minimum atomic E-state index is 0.520. The molecule has 110 valence electrons. The van der Waals surface area contributed by atoms with Crippen LogP contribution in [0.15, 0.2) is 12.1 Å². The first-order valence-corrected chi connectivity index (χ1v) is 7.56. The van der Waals surface area contributed by atoms with Gasteiger partial charge in [0, 0.05) is 31.7 Å². The van der Waals surface area contributed by atoms with E-state index in [0.29, 0.717) is 36.1 Å². The molecule has 0 aromatic heterocycles. The molecule has 2 unspecified atom stereocenters. The minimum Gasteiger partial charge on any atom is -0.486 e. The number of nitrogens with one attached hydrogen (secondary N) is 1. The molecule has 1 aromatic carbocycles. The summed E-state index contributed by atoms with van der Waals surface area (Å²) in [5, 5.41) is 4.19. The first-order valence-electron chi connectivity index (χ1n) is 7.18. The van der Waals surface area contributed by atoms with Crippen LogP contribution in [0.4, 0.5) is 0 Å². The molecule has 20 heavy (non-hydrogen) atoms. The van der Waals surface area contributed by atoms with Crippen molar-refractivity contribution in [1.29, 1.82) is 0 Å². The van der Waals surface area contributed by atoms with Gasteiger partial charge in [0.25, 0.3) is 0 Å². The topological polar surface area (TPSA) is 33.7 Å². The largest absolute Gasteiger partial charge is 0.486 e. The van der Waals surface area contributed by atoms with E-state index >= 15 is 0 Å². The first kappa shape index (κ1) is 14.0. The molecule has 1 aromatic rings. The molecule has 2 aliphatic heterocycles. The average Bonchev–Trinajstić information content (AvgIpc) is 2.37. The van der Waals surface area contributed by atoms with Crippen LogP contribution in [0.5, 0.6) is 11.5 Å². The van der Waals surface area contributed by atoms with Gasteiger partial charge < -0.3 is 14.8 Å². The summed E-state index contributed by atoms with van der Waals surface area (Å²) in [5.41, 5.74) is 1.18. The van der Waals surface area contributed by atoms with Gasteiger partial charge in [0.2, 0.25) is 0 Å². The Bertz CT molecular complexity index is 485. The van der Waals surface area contributed by atoms with E-state index in [-0.39, 0.29) is 0 Å². The average molecular weight is 297 g/mol. The third-order valence-corrected chi connectivity index (χ3v) is 3.98. The highest BCUT2D eigenvalue weighted by Crippen LogP contribution is 2.38. The van der Waals surface area contributed by atoms with Gasteiger partial charge in [-0.1, -0.05) is 11.6 Å². The smallest absolute Gasteiger partial charge is 0.179 e. The Morgan fingerprint density at radius 3 is 2.65 bits per heavy atom. The van der Waals surface area contributed by atoms with Crippen LogP contribution < -0.4 is 14.8 Å². The second-order valence-corrected chi connectivity index (χ2v) is 6.17. The first-order chi connectivity index (χ1) is 9.61. The summed E-state index contributed by atoms with van der Waals surface area (Å²) >= 11 is 6.29. The van der Waals surface area contributed by atoms with Crippen molar-refractivity contribution in [2.45, 2.75) is 32.5 Å². The second-order valence-electron chi connectivity index (χ2n) is 5.76. The minimum absolute atomic E-state index is 0.520. The Morgan fingerprint density at radius 1 is 1.20 bits per heavy atom. The predicted octanol–water partition coefficient (Wildman–Crippen LogP) is 2.29. The molecule has 0 spiro atoms. The van der Waals surface area contributed by atoms with Gasteiger partial charge in [0.05, 0.1) is 5.02 Å². The lowest BCUT2D eigenvalue weighted by Gasteiger charge is -2.36. The fourth-order valence-electron chi connectivity index (χ4n) is 3.08. The maximum absolute atomic E-state index is 6.29. The number of piperazine rings is 1. The zero-order valence-corrected chi connectivity index (χ0v) is 12.7.